The highest BCUT2D eigenvalue weighted by molar-refractivity contribution is 5.90. The summed E-state index contributed by atoms with van der Waals surface area (Å²) in [7, 11) is 0. The smallest absolute Gasteiger partial charge is 0.0714 e. The molecule has 2 heteroatoms. The number of anilines is 3. The lowest BCUT2D eigenvalue weighted by Gasteiger charge is -2.35. The van der Waals surface area contributed by atoms with Gasteiger partial charge in [-0.15, -0.1) is 0 Å². The molecule has 1 unspecified atom stereocenters. The highest BCUT2D eigenvalue weighted by Gasteiger charge is 2.46. The van der Waals surface area contributed by atoms with Crippen molar-refractivity contribution in [3.63, 3.8) is 0 Å². The summed E-state index contributed by atoms with van der Waals surface area (Å²) in [5.74, 6) is 0. The minimum Gasteiger partial charge on any atom is -0.310 e. The Morgan fingerprint density at radius 1 is 0.674 bits per heavy atom. The molecule has 1 aromatic heterocycles. The summed E-state index contributed by atoms with van der Waals surface area (Å²) in [6.07, 6.45) is 10.3. The Morgan fingerprint density at radius 3 is 2.02 bits per heavy atom. The maximum absolute atomic E-state index is 4.57. The standard InChI is InChI=1S/C44H36N2/c1-4-6-14-34(5-2)44(35-15-8-7-9-16-35)41-18-11-10-17-39(41)40-29-28-38(31-42(40)44)46(36-24-20-32(3)21-25-36)37-26-22-33(23-27-37)43-19-12-13-30-45-43/h4-31H,2H2,1,3H3/b6-4-,34-14+. The molecule has 1 heterocycles. The quantitative estimate of drug-likeness (QED) is 0.163. The van der Waals surface area contributed by atoms with Gasteiger partial charge in [0.05, 0.1) is 11.1 Å². The fourth-order valence-corrected chi connectivity index (χ4v) is 6.89. The number of aromatic nitrogens is 1. The van der Waals surface area contributed by atoms with Crippen molar-refractivity contribution < 1.29 is 0 Å². The molecular formula is C44H36N2. The summed E-state index contributed by atoms with van der Waals surface area (Å²) < 4.78 is 0. The van der Waals surface area contributed by atoms with Crippen molar-refractivity contribution in [1.82, 2.24) is 4.98 Å². The van der Waals surface area contributed by atoms with E-state index in [2.05, 4.69) is 170 Å². The average molecular weight is 593 g/mol. The summed E-state index contributed by atoms with van der Waals surface area (Å²) >= 11 is 0. The summed E-state index contributed by atoms with van der Waals surface area (Å²) in [5.41, 5.74) is 13.4. The number of benzene rings is 5. The molecule has 0 amide bonds. The molecule has 46 heavy (non-hydrogen) atoms. The third-order valence-corrected chi connectivity index (χ3v) is 8.99. The number of hydrogen-bond donors (Lipinski definition) is 0. The van der Waals surface area contributed by atoms with Crippen LogP contribution in [0.15, 0.2) is 182 Å². The topological polar surface area (TPSA) is 16.1 Å². The molecule has 0 N–H and O–H groups in total. The van der Waals surface area contributed by atoms with E-state index in [1.165, 1.54) is 33.4 Å². The molecule has 0 saturated heterocycles. The molecule has 0 spiro atoms. The van der Waals surface area contributed by atoms with Crippen LogP contribution in [0.2, 0.25) is 0 Å². The van der Waals surface area contributed by atoms with Crippen LogP contribution in [0.1, 0.15) is 29.2 Å². The third-order valence-electron chi connectivity index (χ3n) is 8.99. The molecule has 7 rings (SSSR count). The van der Waals surface area contributed by atoms with Crippen LogP contribution in [0.3, 0.4) is 0 Å². The van der Waals surface area contributed by atoms with Crippen LogP contribution in [0, 0.1) is 6.92 Å². The predicted octanol–water partition coefficient (Wildman–Crippen LogP) is 11.5. The SMILES string of the molecule is C=C/C(=C\C=C/C)C1(c2ccccc2)c2ccccc2-c2ccc(N(c3ccc(C)cc3)c3ccc(-c4ccccn4)cc3)cc21. The molecular weight excluding hydrogens is 556 g/mol. The minimum atomic E-state index is -0.535. The Morgan fingerprint density at radius 2 is 1.33 bits per heavy atom. The highest BCUT2D eigenvalue weighted by atomic mass is 15.1. The number of hydrogen-bond acceptors (Lipinski definition) is 2. The number of pyridine rings is 1. The van der Waals surface area contributed by atoms with Crippen molar-refractivity contribution >= 4 is 17.1 Å². The summed E-state index contributed by atoms with van der Waals surface area (Å²) in [6.45, 7) is 8.54. The van der Waals surface area contributed by atoms with Gasteiger partial charge >= 0.3 is 0 Å². The molecule has 222 valence electrons. The summed E-state index contributed by atoms with van der Waals surface area (Å²) in [4.78, 5) is 6.92. The molecule has 0 aliphatic heterocycles. The molecule has 1 atom stereocenters. The van der Waals surface area contributed by atoms with Crippen molar-refractivity contribution in [1.29, 1.82) is 0 Å². The second kappa shape index (κ2) is 12.3. The van der Waals surface area contributed by atoms with E-state index in [0.717, 1.165) is 33.9 Å². The van der Waals surface area contributed by atoms with Crippen LogP contribution >= 0.6 is 0 Å². The first-order valence-corrected chi connectivity index (χ1v) is 15.8. The van der Waals surface area contributed by atoms with Crippen molar-refractivity contribution in [3.8, 4) is 22.4 Å². The van der Waals surface area contributed by atoms with Crippen molar-refractivity contribution in [2.45, 2.75) is 19.3 Å². The lowest BCUT2D eigenvalue weighted by atomic mass is 9.67. The van der Waals surface area contributed by atoms with E-state index in [4.69, 9.17) is 0 Å². The number of fused-ring (bicyclic) bond motifs is 3. The van der Waals surface area contributed by atoms with E-state index in [-0.39, 0.29) is 0 Å². The first kappa shape index (κ1) is 29.0. The first-order chi connectivity index (χ1) is 22.6. The summed E-state index contributed by atoms with van der Waals surface area (Å²) in [5, 5.41) is 0. The number of aryl methyl sites for hydroxylation is 1. The molecule has 0 bridgehead atoms. The Labute approximate surface area is 272 Å². The second-order valence-electron chi connectivity index (χ2n) is 11.7. The zero-order chi connectivity index (χ0) is 31.5. The highest BCUT2D eigenvalue weighted by Crippen LogP contribution is 2.57. The van der Waals surface area contributed by atoms with Gasteiger partial charge < -0.3 is 4.90 Å². The Hall–Kier alpha value is -5.73. The molecule has 0 radical (unpaired) electrons. The maximum Gasteiger partial charge on any atom is 0.0714 e. The van der Waals surface area contributed by atoms with Gasteiger partial charge in [0, 0.05) is 28.8 Å². The average Bonchev–Trinajstić information content (AvgIpc) is 3.41. The van der Waals surface area contributed by atoms with E-state index >= 15 is 0 Å². The van der Waals surface area contributed by atoms with E-state index in [0.29, 0.717) is 0 Å². The van der Waals surface area contributed by atoms with Gasteiger partial charge in [-0.3, -0.25) is 4.98 Å². The van der Waals surface area contributed by atoms with Crippen molar-refractivity contribution in [2.24, 2.45) is 0 Å². The van der Waals surface area contributed by atoms with Crippen LogP contribution in [0.5, 0.6) is 0 Å². The Kier molecular flexibility index (Phi) is 7.78. The molecule has 1 aliphatic rings. The van der Waals surface area contributed by atoms with E-state index < -0.39 is 5.41 Å². The zero-order valence-electron chi connectivity index (χ0n) is 26.3. The molecule has 1 aliphatic carbocycles. The maximum atomic E-state index is 4.57. The van der Waals surface area contributed by atoms with Crippen LogP contribution in [-0.4, -0.2) is 4.98 Å². The molecule has 2 nitrogen and oxygen atoms in total. The van der Waals surface area contributed by atoms with Crippen LogP contribution < -0.4 is 4.90 Å². The fraction of sp³-hybridized carbons (Fsp3) is 0.0682. The van der Waals surface area contributed by atoms with Gasteiger partial charge in [-0.1, -0.05) is 127 Å². The van der Waals surface area contributed by atoms with E-state index in [9.17, 15) is 0 Å². The lowest BCUT2D eigenvalue weighted by molar-refractivity contribution is 0.767. The zero-order valence-corrected chi connectivity index (χ0v) is 26.3. The van der Waals surface area contributed by atoms with Crippen LogP contribution in [0.4, 0.5) is 17.1 Å². The Balaban J connectivity index is 1.48. The van der Waals surface area contributed by atoms with Crippen LogP contribution in [-0.2, 0) is 5.41 Å². The van der Waals surface area contributed by atoms with Gasteiger partial charge in [0.15, 0.2) is 0 Å². The lowest BCUT2D eigenvalue weighted by Crippen LogP contribution is -2.29. The largest absolute Gasteiger partial charge is 0.310 e. The number of allylic oxidation sites excluding steroid dienone is 5. The number of rotatable bonds is 8. The van der Waals surface area contributed by atoms with Gasteiger partial charge in [0.25, 0.3) is 0 Å². The van der Waals surface area contributed by atoms with E-state index in [1.807, 2.05) is 30.5 Å². The third kappa shape index (κ3) is 4.89. The number of nitrogens with zero attached hydrogens (tertiary/aromatic N) is 2. The molecule has 6 aromatic rings. The molecule has 0 saturated carbocycles. The van der Waals surface area contributed by atoms with Gasteiger partial charge in [0.2, 0.25) is 0 Å². The van der Waals surface area contributed by atoms with Gasteiger partial charge in [-0.25, -0.2) is 0 Å². The van der Waals surface area contributed by atoms with Gasteiger partial charge in [-0.05, 0) is 95.8 Å². The van der Waals surface area contributed by atoms with Gasteiger partial charge in [0.1, 0.15) is 0 Å². The normalized spacial score (nSPS) is 15.4. The molecule has 0 fully saturated rings. The predicted molar refractivity (Wildman–Crippen MR) is 194 cm³/mol. The van der Waals surface area contributed by atoms with Crippen molar-refractivity contribution in [2.75, 3.05) is 4.90 Å². The minimum absolute atomic E-state index is 0.535. The fourth-order valence-electron chi connectivity index (χ4n) is 6.89. The Bertz CT molecular complexity index is 2050. The van der Waals surface area contributed by atoms with Gasteiger partial charge in [-0.2, -0.15) is 0 Å². The molecule has 5 aromatic carbocycles. The van der Waals surface area contributed by atoms with Crippen molar-refractivity contribution in [3.05, 3.63) is 204 Å². The van der Waals surface area contributed by atoms with Crippen LogP contribution in [0.25, 0.3) is 22.4 Å². The summed E-state index contributed by atoms with van der Waals surface area (Å²) in [6, 6.07) is 50.1. The first-order valence-electron chi connectivity index (χ1n) is 15.8. The van der Waals surface area contributed by atoms with E-state index in [1.54, 1.807) is 0 Å². The monoisotopic (exact) mass is 592 g/mol. The second-order valence-corrected chi connectivity index (χ2v) is 11.7.